The van der Waals surface area contributed by atoms with Crippen molar-refractivity contribution in [1.82, 2.24) is 0 Å². The zero-order valence-electron chi connectivity index (χ0n) is 10.6. The molecule has 1 aromatic carbocycles. The van der Waals surface area contributed by atoms with Crippen molar-refractivity contribution in [3.63, 3.8) is 0 Å². The smallest absolute Gasteiger partial charge is 0.339 e. The van der Waals surface area contributed by atoms with Crippen LogP contribution < -0.4 is 9.47 Å². The Morgan fingerprint density at radius 2 is 1.94 bits per heavy atom. The first-order valence-electron chi connectivity index (χ1n) is 5.90. The summed E-state index contributed by atoms with van der Waals surface area (Å²) in [6, 6.07) is 4.80. The fourth-order valence-electron chi connectivity index (χ4n) is 1.45. The molecule has 5 nitrogen and oxygen atoms in total. The Kier molecular flexibility index (Phi) is 6.00. The molecular weight excluding hydrogens is 236 g/mol. The van der Waals surface area contributed by atoms with Gasteiger partial charge in [-0.2, -0.15) is 0 Å². The van der Waals surface area contributed by atoms with Gasteiger partial charge in [0, 0.05) is 6.61 Å². The van der Waals surface area contributed by atoms with E-state index in [4.69, 9.17) is 19.3 Å². The molecule has 1 rings (SSSR count). The summed E-state index contributed by atoms with van der Waals surface area (Å²) >= 11 is 0. The lowest BCUT2D eigenvalue weighted by Gasteiger charge is -2.13. The standard InChI is InChI=1S/C13H18O5/c1-3-16-8-9-18-12-10(13(14)15)6-5-7-11(12)17-4-2/h5-7H,3-4,8-9H2,1-2H3,(H,14,15). The molecule has 0 aliphatic heterocycles. The Hall–Kier alpha value is -1.75. The van der Waals surface area contributed by atoms with Crippen LogP contribution in [-0.4, -0.2) is 37.5 Å². The van der Waals surface area contributed by atoms with E-state index in [1.165, 1.54) is 6.07 Å². The molecule has 0 heterocycles. The molecule has 0 aliphatic carbocycles. The molecule has 0 amide bonds. The number of hydrogen-bond donors (Lipinski definition) is 1. The maximum atomic E-state index is 11.1. The number of benzene rings is 1. The van der Waals surface area contributed by atoms with Crippen molar-refractivity contribution >= 4 is 5.97 Å². The number of para-hydroxylation sites is 1. The van der Waals surface area contributed by atoms with Crippen molar-refractivity contribution < 1.29 is 24.1 Å². The number of carboxylic acid groups (broad SMARTS) is 1. The maximum Gasteiger partial charge on any atom is 0.339 e. The van der Waals surface area contributed by atoms with Crippen molar-refractivity contribution in [2.75, 3.05) is 26.4 Å². The fraction of sp³-hybridized carbons (Fsp3) is 0.462. The first-order chi connectivity index (χ1) is 8.70. The molecule has 0 aliphatic rings. The van der Waals surface area contributed by atoms with Crippen LogP contribution in [-0.2, 0) is 4.74 Å². The largest absolute Gasteiger partial charge is 0.490 e. The van der Waals surface area contributed by atoms with Crippen LogP contribution in [0.5, 0.6) is 11.5 Å². The zero-order chi connectivity index (χ0) is 13.4. The monoisotopic (exact) mass is 254 g/mol. The van der Waals surface area contributed by atoms with Gasteiger partial charge in [-0.25, -0.2) is 4.79 Å². The first kappa shape index (κ1) is 14.3. The van der Waals surface area contributed by atoms with Crippen molar-refractivity contribution in [3.8, 4) is 11.5 Å². The summed E-state index contributed by atoms with van der Waals surface area (Å²) in [5, 5.41) is 9.09. The van der Waals surface area contributed by atoms with Crippen LogP contribution in [0.15, 0.2) is 18.2 Å². The van der Waals surface area contributed by atoms with Gasteiger partial charge in [-0.1, -0.05) is 6.07 Å². The van der Waals surface area contributed by atoms with Crippen LogP contribution in [0.3, 0.4) is 0 Å². The average Bonchev–Trinajstić information content (AvgIpc) is 2.36. The Morgan fingerprint density at radius 3 is 2.56 bits per heavy atom. The molecule has 100 valence electrons. The summed E-state index contributed by atoms with van der Waals surface area (Å²) in [7, 11) is 0. The van der Waals surface area contributed by atoms with Gasteiger partial charge in [0.2, 0.25) is 0 Å². The van der Waals surface area contributed by atoms with Crippen LogP contribution in [0.4, 0.5) is 0 Å². The molecule has 0 radical (unpaired) electrons. The third-order valence-electron chi connectivity index (χ3n) is 2.19. The SMILES string of the molecule is CCOCCOc1c(OCC)cccc1C(=O)O. The molecule has 0 unspecified atom stereocenters. The predicted octanol–water partition coefficient (Wildman–Crippen LogP) is 2.20. The summed E-state index contributed by atoms with van der Waals surface area (Å²) in [5.74, 6) is -0.344. The van der Waals surface area contributed by atoms with Gasteiger partial charge in [-0.15, -0.1) is 0 Å². The van der Waals surface area contributed by atoms with Crippen LogP contribution in [0.1, 0.15) is 24.2 Å². The van der Waals surface area contributed by atoms with E-state index in [-0.39, 0.29) is 17.9 Å². The number of ether oxygens (including phenoxy) is 3. The van der Waals surface area contributed by atoms with Gasteiger partial charge in [-0.3, -0.25) is 0 Å². The highest BCUT2D eigenvalue weighted by Gasteiger charge is 2.16. The second kappa shape index (κ2) is 7.55. The van der Waals surface area contributed by atoms with Crippen molar-refractivity contribution in [2.45, 2.75) is 13.8 Å². The molecule has 0 bridgehead atoms. The highest BCUT2D eigenvalue weighted by atomic mass is 16.5. The molecule has 1 N–H and O–H groups in total. The van der Waals surface area contributed by atoms with Gasteiger partial charge in [0.15, 0.2) is 11.5 Å². The quantitative estimate of drug-likeness (QED) is 0.720. The van der Waals surface area contributed by atoms with Crippen molar-refractivity contribution in [3.05, 3.63) is 23.8 Å². The second-order valence-electron chi connectivity index (χ2n) is 3.42. The molecule has 18 heavy (non-hydrogen) atoms. The number of rotatable bonds is 8. The molecule has 1 aromatic rings. The number of carbonyl (C=O) groups is 1. The molecular formula is C13H18O5. The van der Waals surface area contributed by atoms with E-state index in [0.29, 0.717) is 25.6 Å². The van der Waals surface area contributed by atoms with Crippen LogP contribution >= 0.6 is 0 Å². The molecule has 0 saturated heterocycles. The van der Waals surface area contributed by atoms with E-state index < -0.39 is 5.97 Å². The minimum Gasteiger partial charge on any atom is -0.490 e. The van der Waals surface area contributed by atoms with E-state index in [1.807, 2.05) is 13.8 Å². The molecule has 5 heteroatoms. The molecule has 0 aromatic heterocycles. The molecule has 0 spiro atoms. The highest BCUT2D eigenvalue weighted by Crippen LogP contribution is 2.31. The molecule has 0 saturated carbocycles. The van der Waals surface area contributed by atoms with Gasteiger partial charge < -0.3 is 19.3 Å². The highest BCUT2D eigenvalue weighted by molar-refractivity contribution is 5.92. The number of carboxylic acids is 1. The summed E-state index contributed by atoms with van der Waals surface area (Å²) in [4.78, 5) is 11.1. The van der Waals surface area contributed by atoms with E-state index in [0.717, 1.165) is 0 Å². The number of aromatic carboxylic acids is 1. The van der Waals surface area contributed by atoms with E-state index in [2.05, 4.69) is 0 Å². The fourth-order valence-corrected chi connectivity index (χ4v) is 1.45. The third-order valence-corrected chi connectivity index (χ3v) is 2.19. The lowest BCUT2D eigenvalue weighted by molar-refractivity contribution is 0.0685. The average molecular weight is 254 g/mol. The normalized spacial score (nSPS) is 10.1. The Labute approximate surface area is 106 Å². The Balaban J connectivity index is 2.85. The minimum atomic E-state index is -1.04. The minimum absolute atomic E-state index is 0.0949. The molecule has 0 fully saturated rings. The topological polar surface area (TPSA) is 65.0 Å². The van der Waals surface area contributed by atoms with Gasteiger partial charge in [0.05, 0.1) is 13.2 Å². The first-order valence-corrected chi connectivity index (χ1v) is 5.90. The predicted molar refractivity (Wildman–Crippen MR) is 66.6 cm³/mol. The van der Waals surface area contributed by atoms with Crippen LogP contribution in [0.2, 0.25) is 0 Å². The number of hydrogen-bond acceptors (Lipinski definition) is 4. The summed E-state index contributed by atoms with van der Waals surface area (Å²) in [5.41, 5.74) is 0.0949. The van der Waals surface area contributed by atoms with E-state index >= 15 is 0 Å². The summed E-state index contributed by atoms with van der Waals surface area (Å²) in [6.45, 7) is 5.47. The van der Waals surface area contributed by atoms with Crippen LogP contribution in [0.25, 0.3) is 0 Å². The zero-order valence-corrected chi connectivity index (χ0v) is 10.6. The second-order valence-corrected chi connectivity index (χ2v) is 3.42. The third kappa shape index (κ3) is 3.92. The van der Waals surface area contributed by atoms with E-state index in [1.54, 1.807) is 12.1 Å². The summed E-state index contributed by atoms with van der Waals surface area (Å²) in [6.07, 6.45) is 0. The Morgan fingerprint density at radius 1 is 1.17 bits per heavy atom. The lowest BCUT2D eigenvalue weighted by atomic mass is 10.2. The van der Waals surface area contributed by atoms with Crippen molar-refractivity contribution in [2.24, 2.45) is 0 Å². The van der Waals surface area contributed by atoms with Gasteiger partial charge in [0.1, 0.15) is 12.2 Å². The maximum absolute atomic E-state index is 11.1. The van der Waals surface area contributed by atoms with Gasteiger partial charge in [0.25, 0.3) is 0 Å². The van der Waals surface area contributed by atoms with E-state index in [9.17, 15) is 4.79 Å². The lowest BCUT2D eigenvalue weighted by Crippen LogP contribution is -2.10. The Bertz CT molecular complexity index is 389. The summed E-state index contributed by atoms with van der Waals surface area (Å²) < 4.78 is 16.0. The van der Waals surface area contributed by atoms with Gasteiger partial charge >= 0.3 is 5.97 Å². The van der Waals surface area contributed by atoms with Gasteiger partial charge in [-0.05, 0) is 26.0 Å². The van der Waals surface area contributed by atoms with Crippen molar-refractivity contribution in [1.29, 1.82) is 0 Å². The molecule has 0 atom stereocenters. The van der Waals surface area contributed by atoms with Crippen LogP contribution in [0, 0.1) is 0 Å².